The fourth-order valence-electron chi connectivity index (χ4n) is 1.12. The van der Waals surface area contributed by atoms with E-state index in [-0.39, 0.29) is 5.41 Å². The molecule has 0 amide bonds. The molecule has 0 aliphatic carbocycles. The molecule has 4 heteroatoms. The Hall–Kier alpha value is -1.16. The fraction of sp³-hybridized carbons (Fsp3) is 0.538. The van der Waals surface area contributed by atoms with Gasteiger partial charge in [0.15, 0.2) is 5.11 Å². The van der Waals surface area contributed by atoms with Crippen LogP contribution >= 0.6 is 12.2 Å². The second kappa shape index (κ2) is 5.45. The van der Waals surface area contributed by atoms with Crippen LogP contribution in [0.1, 0.15) is 33.4 Å². The van der Waals surface area contributed by atoms with Crippen LogP contribution in [0, 0.1) is 12.3 Å². The Labute approximate surface area is 109 Å². The largest absolute Gasteiger partial charge is 0.359 e. The van der Waals surface area contributed by atoms with E-state index < -0.39 is 0 Å². The molecule has 0 aliphatic heterocycles. The maximum Gasteiger partial charge on any atom is 0.171 e. The van der Waals surface area contributed by atoms with Gasteiger partial charge < -0.3 is 10.6 Å². The standard InChI is InChI=1S/C13H21N3S/c1-9-6-7-11(8-14-9)16-12(17)15-10(2)13(3,4)5/h6-8,10H,1-5H3,(H2,15,16,17)/t10-/m0/s1. The minimum atomic E-state index is 0.178. The van der Waals surface area contributed by atoms with Gasteiger partial charge in [0.2, 0.25) is 0 Å². The van der Waals surface area contributed by atoms with Crippen molar-refractivity contribution >= 4 is 23.0 Å². The lowest BCUT2D eigenvalue weighted by Gasteiger charge is -2.29. The smallest absolute Gasteiger partial charge is 0.171 e. The maximum absolute atomic E-state index is 5.26. The number of nitrogens with one attached hydrogen (secondary N) is 2. The van der Waals surface area contributed by atoms with Crippen LogP contribution < -0.4 is 10.6 Å². The van der Waals surface area contributed by atoms with E-state index in [2.05, 4.69) is 43.3 Å². The third kappa shape index (κ3) is 4.69. The van der Waals surface area contributed by atoms with Gasteiger partial charge in [-0.05, 0) is 43.6 Å². The molecule has 0 unspecified atom stereocenters. The lowest BCUT2D eigenvalue weighted by Crippen LogP contribution is -2.43. The summed E-state index contributed by atoms with van der Waals surface area (Å²) in [6, 6.07) is 4.23. The van der Waals surface area contributed by atoms with Crippen molar-refractivity contribution in [2.45, 2.75) is 40.7 Å². The summed E-state index contributed by atoms with van der Waals surface area (Å²) >= 11 is 5.26. The molecule has 17 heavy (non-hydrogen) atoms. The molecule has 2 N–H and O–H groups in total. The van der Waals surface area contributed by atoms with Gasteiger partial charge in [-0.2, -0.15) is 0 Å². The molecule has 0 fully saturated rings. The van der Waals surface area contributed by atoms with Crippen molar-refractivity contribution in [1.29, 1.82) is 0 Å². The minimum Gasteiger partial charge on any atom is -0.359 e. The van der Waals surface area contributed by atoms with Crippen molar-refractivity contribution in [2.24, 2.45) is 5.41 Å². The SMILES string of the molecule is Cc1ccc(NC(=S)N[C@@H](C)C(C)(C)C)cn1. The van der Waals surface area contributed by atoms with Crippen LogP contribution in [0.25, 0.3) is 0 Å². The summed E-state index contributed by atoms with van der Waals surface area (Å²) in [5, 5.41) is 7.04. The van der Waals surface area contributed by atoms with E-state index >= 15 is 0 Å². The van der Waals surface area contributed by atoms with Crippen LogP contribution in [0.3, 0.4) is 0 Å². The molecule has 1 aromatic heterocycles. The highest BCUT2D eigenvalue weighted by Gasteiger charge is 2.20. The summed E-state index contributed by atoms with van der Waals surface area (Å²) in [5.74, 6) is 0. The van der Waals surface area contributed by atoms with E-state index in [1.54, 1.807) is 6.20 Å². The maximum atomic E-state index is 5.26. The number of rotatable bonds is 2. The Morgan fingerprint density at radius 2 is 2.00 bits per heavy atom. The summed E-state index contributed by atoms with van der Waals surface area (Å²) in [6.45, 7) is 10.6. The second-order valence-electron chi connectivity index (χ2n) is 5.37. The van der Waals surface area contributed by atoms with E-state index in [9.17, 15) is 0 Å². The number of hydrogen-bond donors (Lipinski definition) is 2. The summed E-state index contributed by atoms with van der Waals surface area (Å²) in [7, 11) is 0. The Kier molecular flexibility index (Phi) is 4.46. The molecule has 0 saturated carbocycles. The van der Waals surface area contributed by atoms with Crippen molar-refractivity contribution in [3.63, 3.8) is 0 Å². The van der Waals surface area contributed by atoms with Crippen molar-refractivity contribution in [1.82, 2.24) is 10.3 Å². The first-order chi connectivity index (χ1) is 7.79. The highest BCUT2D eigenvalue weighted by molar-refractivity contribution is 7.80. The molecule has 1 aromatic rings. The number of thiocarbonyl (C=S) groups is 1. The molecule has 1 atom stereocenters. The lowest BCUT2D eigenvalue weighted by molar-refractivity contribution is 0.317. The van der Waals surface area contributed by atoms with Crippen LogP contribution in [0.5, 0.6) is 0 Å². The molecule has 1 heterocycles. The number of pyridine rings is 1. The first kappa shape index (κ1) is 13.9. The zero-order valence-electron chi connectivity index (χ0n) is 11.2. The lowest BCUT2D eigenvalue weighted by atomic mass is 9.88. The fourth-order valence-corrected chi connectivity index (χ4v) is 1.42. The predicted octanol–water partition coefficient (Wildman–Crippen LogP) is 3.11. The molecule has 0 bridgehead atoms. The van der Waals surface area contributed by atoms with E-state index in [4.69, 9.17) is 12.2 Å². The van der Waals surface area contributed by atoms with Crippen molar-refractivity contribution in [2.75, 3.05) is 5.32 Å². The predicted molar refractivity (Wildman–Crippen MR) is 77.2 cm³/mol. The summed E-state index contributed by atoms with van der Waals surface area (Å²) in [4.78, 5) is 4.21. The van der Waals surface area contributed by atoms with Gasteiger partial charge in [-0.3, -0.25) is 4.98 Å². The van der Waals surface area contributed by atoms with E-state index in [0.717, 1.165) is 11.4 Å². The first-order valence-electron chi connectivity index (χ1n) is 5.79. The Balaban J connectivity index is 2.53. The molecular weight excluding hydrogens is 230 g/mol. The van der Waals surface area contributed by atoms with Gasteiger partial charge >= 0.3 is 0 Å². The van der Waals surface area contributed by atoms with E-state index in [1.807, 2.05) is 19.1 Å². The van der Waals surface area contributed by atoms with Gasteiger partial charge in [-0.15, -0.1) is 0 Å². The number of nitrogens with zero attached hydrogens (tertiary/aromatic N) is 1. The second-order valence-corrected chi connectivity index (χ2v) is 5.78. The molecule has 94 valence electrons. The normalized spacial score (nSPS) is 13.0. The topological polar surface area (TPSA) is 37.0 Å². The van der Waals surface area contributed by atoms with Crippen LogP contribution in [-0.4, -0.2) is 16.1 Å². The van der Waals surface area contributed by atoms with Crippen LogP contribution in [0.4, 0.5) is 5.69 Å². The highest BCUT2D eigenvalue weighted by atomic mass is 32.1. The van der Waals surface area contributed by atoms with Gasteiger partial charge in [-0.1, -0.05) is 20.8 Å². The average molecular weight is 251 g/mol. The van der Waals surface area contributed by atoms with Gasteiger partial charge in [0.25, 0.3) is 0 Å². The molecule has 1 rings (SSSR count). The first-order valence-corrected chi connectivity index (χ1v) is 6.20. The van der Waals surface area contributed by atoms with Crippen molar-refractivity contribution in [3.05, 3.63) is 24.0 Å². The van der Waals surface area contributed by atoms with E-state index in [0.29, 0.717) is 11.2 Å². The number of aromatic nitrogens is 1. The van der Waals surface area contributed by atoms with Crippen molar-refractivity contribution < 1.29 is 0 Å². The zero-order chi connectivity index (χ0) is 13.1. The zero-order valence-corrected chi connectivity index (χ0v) is 12.0. The Bertz CT molecular complexity index is 379. The molecular formula is C13H21N3S. The van der Waals surface area contributed by atoms with E-state index in [1.165, 1.54) is 0 Å². The molecule has 3 nitrogen and oxygen atoms in total. The Morgan fingerprint density at radius 1 is 1.35 bits per heavy atom. The molecule has 0 saturated heterocycles. The minimum absolute atomic E-state index is 0.178. The van der Waals surface area contributed by atoms with Gasteiger partial charge in [-0.25, -0.2) is 0 Å². The van der Waals surface area contributed by atoms with Crippen molar-refractivity contribution in [3.8, 4) is 0 Å². The third-order valence-corrected chi connectivity index (χ3v) is 3.04. The van der Waals surface area contributed by atoms with Gasteiger partial charge in [0.05, 0.1) is 11.9 Å². The third-order valence-electron chi connectivity index (χ3n) is 2.82. The molecule has 0 aromatic carbocycles. The average Bonchev–Trinajstić information content (AvgIpc) is 2.20. The quantitative estimate of drug-likeness (QED) is 0.792. The summed E-state index contributed by atoms with van der Waals surface area (Å²) in [6.07, 6.45) is 1.78. The number of anilines is 1. The Morgan fingerprint density at radius 3 is 2.47 bits per heavy atom. The molecule has 0 radical (unpaired) electrons. The number of aryl methyl sites for hydroxylation is 1. The van der Waals surface area contributed by atoms with Gasteiger partial charge in [0.1, 0.15) is 0 Å². The van der Waals surface area contributed by atoms with Gasteiger partial charge in [0, 0.05) is 11.7 Å². The van der Waals surface area contributed by atoms with Crippen LogP contribution in [0.15, 0.2) is 18.3 Å². The molecule has 0 spiro atoms. The van der Waals surface area contributed by atoms with Crippen LogP contribution in [-0.2, 0) is 0 Å². The molecule has 0 aliphatic rings. The highest BCUT2D eigenvalue weighted by Crippen LogP contribution is 2.18. The monoisotopic (exact) mass is 251 g/mol. The number of hydrogen-bond acceptors (Lipinski definition) is 2. The summed E-state index contributed by atoms with van der Waals surface area (Å²) < 4.78 is 0. The summed E-state index contributed by atoms with van der Waals surface area (Å²) in [5.41, 5.74) is 2.09. The van der Waals surface area contributed by atoms with Crippen LogP contribution in [0.2, 0.25) is 0 Å².